The molecule has 6 heteroatoms. The zero-order valence-corrected chi connectivity index (χ0v) is 13.8. The Morgan fingerprint density at radius 2 is 2.12 bits per heavy atom. The molecule has 1 fully saturated rings. The van der Waals surface area contributed by atoms with Crippen molar-refractivity contribution in [1.29, 1.82) is 0 Å². The van der Waals surface area contributed by atoms with E-state index in [1.54, 1.807) is 6.07 Å². The molecule has 2 heterocycles. The molecule has 0 unspecified atom stereocenters. The van der Waals surface area contributed by atoms with Crippen LogP contribution in [0.15, 0.2) is 36.4 Å². The topological polar surface area (TPSA) is 81.3 Å². The van der Waals surface area contributed by atoms with Gasteiger partial charge < -0.3 is 15.4 Å². The molecule has 1 atom stereocenters. The molecule has 3 rings (SSSR count). The number of nitrogen functional groups attached to an aromatic ring is 1. The minimum absolute atomic E-state index is 0.0155. The molecule has 0 radical (unpaired) electrons. The molecule has 1 aliphatic rings. The Morgan fingerprint density at radius 1 is 1.33 bits per heavy atom. The average Bonchev–Trinajstić information content (AvgIpc) is 3.04. The SMILES string of the molecule is Cc1nc(N)cc([C@H]2CCCN2C(=O)CCOc2ccccc2)n1. The summed E-state index contributed by atoms with van der Waals surface area (Å²) in [6.45, 7) is 2.93. The summed E-state index contributed by atoms with van der Waals surface area (Å²) in [6.07, 6.45) is 2.23. The fraction of sp³-hybridized carbons (Fsp3) is 0.389. The van der Waals surface area contributed by atoms with E-state index >= 15 is 0 Å². The first-order chi connectivity index (χ1) is 11.6. The predicted octanol–water partition coefficient (Wildman–Crippen LogP) is 2.50. The number of para-hydroxylation sites is 1. The van der Waals surface area contributed by atoms with Crippen LogP contribution in [-0.4, -0.2) is 33.9 Å². The van der Waals surface area contributed by atoms with Crippen molar-refractivity contribution in [2.24, 2.45) is 0 Å². The predicted molar refractivity (Wildman–Crippen MR) is 91.4 cm³/mol. The number of benzene rings is 1. The van der Waals surface area contributed by atoms with Gasteiger partial charge in [-0.1, -0.05) is 18.2 Å². The van der Waals surface area contributed by atoms with Crippen molar-refractivity contribution in [2.45, 2.75) is 32.2 Å². The first-order valence-corrected chi connectivity index (χ1v) is 8.22. The van der Waals surface area contributed by atoms with Crippen LogP contribution in [0, 0.1) is 6.92 Å². The highest BCUT2D eigenvalue weighted by atomic mass is 16.5. The van der Waals surface area contributed by atoms with Crippen molar-refractivity contribution in [2.75, 3.05) is 18.9 Å². The fourth-order valence-electron chi connectivity index (χ4n) is 3.07. The van der Waals surface area contributed by atoms with Gasteiger partial charge in [0.25, 0.3) is 0 Å². The van der Waals surface area contributed by atoms with Gasteiger partial charge in [-0.2, -0.15) is 0 Å². The summed E-state index contributed by atoms with van der Waals surface area (Å²) in [5.41, 5.74) is 6.65. The summed E-state index contributed by atoms with van der Waals surface area (Å²) >= 11 is 0. The van der Waals surface area contributed by atoms with E-state index in [1.165, 1.54) is 0 Å². The summed E-state index contributed by atoms with van der Waals surface area (Å²) in [4.78, 5) is 23.0. The van der Waals surface area contributed by atoms with Gasteiger partial charge in [0.05, 0.1) is 24.8 Å². The highest BCUT2D eigenvalue weighted by Crippen LogP contribution is 2.31. The molecule has 1 aliphatic heterocycles. The Bertz CT molecular complexity index is 685. The van der Waals surface area contributed by atoms with Gasteiger partial charge in [0.2, 0.25) is 5.91 Å². The third-order valence-corrected chi connectivity index (χ3v) is 4.12. The van der Waals surface area contributed by atoms with Gasteiger partial charge in [-0.15, -0.1) is 0 Å². The number of anilines is 1. The Kier molecular flexibility index (Phi) is 4.93. The highest BCUT2D eigenvalue weighted by Gasteiger charge is 2.31. The van der Waals surface area contributed by atoms with Crippen LogP contribution in [0.4, 0.5) is 5.82 Å². The van der Waals surface area contributed by atoms with Crippen LogP contribution in [0.5, 0.6) is 5.75 Å². The zero-order chi connectivity index (χ0) is 16.9. The van der Waals surface area contributed by atoms with Crippen LogP contribution >= 0.6 is 0 Å². The summed E-state index contributed by atoms with van der Waals surface area (Å²) in [6, 6.07) is 11.3. The Hall–Kier alpha value is -2.63. The molecule has 0 saturated carbocycles. The van der Waals surface area contributed by atoms with Crippen molar-refractivity contribution in [3.05, 3.63) is 47.9 Å². The number of likely N-dealkylation sites (tertiary alicyclic amines) is 1. The third-order valence-electron chi connectivity index (χ3n) is 4.12. The number of aryl methyl sites for hydroxylation is 1. The lowest BCUT2D eigenvalue weighted by molar-refractivity contribution is -0.132. The molecule has 126 valence electrons. The number of amides is 1. The van der Waals surface area contributed by atoms with Gasteiger partial charge in [-0.3, -0.25) is 4.79 Å². The minimum Gasteiger partial charge on any atom is -0.493 e. The molecule has 2 aromatic rings. The molecule has 2 N–H and O–H groups in total. The van der Waals surface area contributed by atoms with E-state index in [4.69, 9.17) is 10.5 Å². The Labute approximate surface area is 141 Å². The van der Waals surface area contributed by atoms with Crippen LogP contribution in [0.25, 0.3) is 0 Å². The highest BCUT2D eigenvalue weighted by molar-refractivity contribution is 5.77. The van der Waals surface area contributed by atoms with Gasteiger partial charge in [-0.05, 0) is 31.9 Å². The van der Waals surface area contributed by atoms with Crippen LogP contribution < -0.4 is 10.5 Å². The number of hydrogen-bond donors (Lipinski definition) is 1. The normalized spacial score (nSPS) is 17.0. The van der Waals surface area contributed by atoms with E-state index in [0.717, 1.165) is 30.8 Å². The van der Waals surface area contributed by atoms with Crippen molar-refractivity contribution in [3.8, 4) is 5.75 Å². The number of nitrogens with two attached hydrogens (primary N) is 1. The number of aromatic nitrogens is 2. The van der Waals surface area contributed by atoms with Crippen LogP contribution in [-0.2, 0) is 4.79 Å². The maximum absolute atomic E-state index is 12.6. The number of rotatable bonds is 5. The summed E-state index contributed by atoms with van der Waals surface area (Å²) < 4.78 is 5.62. The van der Waals surface area contributed by atoms with Gasteiger partial charge in [-0.25, -0.2) is 9.97 Å². The van der Waals surface area contributed by atoms with E-state index in [2.05, 4.69) is 9.97 Å². The largest absolute Gasteiger partial charge is 0.493 e. The summed E-state index contributed by atoms with van der Waals surface area (Å²) in [5.74, 6) is 1.95. The number of carbonyl (C=O) groups is 1. The second-order valence-corrected chi connectivity index (χ2v) is 5.92. The molecular formula is C18H22N4O2. The molecule has 0 bridgehead atoms. The van der Waals surface area contributed by atoms with Crippen molar-refractivity contribution >= 4 is 11.7 Å². The zero-order valence-electron chi connectivity index (χ0n) is 13.8. The lowest BCUT2D eigenvalue weighted by atomic mass is 10.1. The standard InChI is InChI=1S/C18H22N4O2/c1-13-20-15(12-17(19)21-13)16-8-5-10-22(16)18(23)9-11-24-14-6-3-2-4-7-14/h2-4,6-7,12,16H,5,8-11H2,1H3,(H2,19,20,21)/t16-/m1/s1. The van der Waals surface area contributed by atoms with Gasteiger partial charge in [0.1, 0.15) is 17.4 Å². The average molecular weight is 326 g/mol. The number of nitrogens with zero attached hydrogens (tertiary/aromatic N) is 3. The van der Waals surface area contributed by atoms with E-state index < -0.39 is 0 Å². The van der Waals surface area contributed by atoms with Crippen LogP contribution in [0.2, 0.25) is 0 Å². The third kappa shape index (κ3) is 3.82. The van der Waals surface area contributed by atoms with Crippen LogP contribution in [0.1, 0.15) is 36.8 Å². The van der Waals surface area contributed by atoms with Gasteiger partial charge in [0, 0.05) is 12.6 Å². The quantitative estimate of drug-likeness (QED) is 0.913. The second kappa shape index (κ2) is 7.29. The summed E-state index contributed by atoms with van der Waals surface area (Å²) in [7, 11) is 0. The maximum atomic E-state index is 12.6. The molecule has 1 saturated heterocycles. The number of ether oxygens (including phenoxy) is 1. The molecule has 0 spiro atoms. The van der Waals surface area contributed by atoms with Crippen molar-refractivity contribution in [3.63, 3.8) is 0 Å². The van der Waals surface area contributed by atoms with Gasteiger partial charge in [0.15, 0.2) is 0 Å². The first-order valence-electron chi connectivity index (χ1n) is 8.22. The van der Waals surface area contributed by atoms with E-state index in [-0.39, 0.29) is 11.9 Å². The number of carbonyl (C=O) groups excluding carboxylic acids is 1. The molecule has 6 nitrogen and oxygen atoms in total. The van der Waals surface area contributed by atoms with Crippen LogP contribution in [0.3, 0.4) is 0 Å². The van der Waals surface area contributed by atoms with E-state index in [1.807, 2.05) is 42.2 Å². The monoisotopic (exact) mass is 326 g/mol. The molecule has 1 amide bonds. The van der Waals surface area contributed by atoms with Crippen molar-refractivity contribution in [1.82, 2.24) is 14.9 Å². The minimum atomic E-state index is -0.0155. The lowest BCUT2D eigenvalue weighted by Crippen LogP contribution is -2.32. The smallest absolute Gasteiger partial charge is 0.226 e. The lowest BCUT2D eigenvalue weighted by Gasteiger charge is -2.24. The fourth-order valence-corrected chi connectivity index (χ4v) is 3.07. The number of hydrogen-bond acceptors (Lipinski definition) is 5. The molecular weight excluding hydrogens is 304 g/mol. The van der Waals surface area contributed by atoms with Gasteiger partial charge >= 0.3 is 0 Å². The molecule has 24 heavy (non-hydrogen) atoms. The van der Waals surface area contributed by atoms with E-state index in [9.17, 15) is 4.79 Å². The summed E-state index contributed by atoms with van der Waals surface area (Å²) in [5, 5.41) is 0. The molecule has 1 aromatic carbocycles. The maximum Gasteiger partial charge on any atom is 0.226 e. The molecule has 0 aliphatic carbocycles. The van der Waals surface area contributed by atoms with E-state index in [0.29, 0.717) is 24.7 Å². The second-order valence-electron chi connectivity index (χ2n) is 5.92. The molecule has 1 aromatic heterocycles. The Balaban J connectivity index is 1.61. The Morgan fingerprint density at radius 3 is 2.88 bits per heavy atom. The van der Waals surface area contributed by atoms with Crippen molar-refractivity contribution < 1.29 is 9.53 Å². The first kappa shape index (κ1) is 16.2.